The van der Waals surface area contributed by atoms with Crippen molar-refractivity contribution >= 4 is 12.2 Å². The van der Waals surface area contributed by atoms with Gasteiger partial charge in [0.1, 0.15) is 0 Å². The highest BCUT2D eigenvalue weighted by molar-refractivity contribution is 5.73. The standard InChI is InChI=1S/C9H17NO2/c1-7(2)4-8(6-10-3)5-9(11)12/h6-8H,4-5H2,1-3H3,(H,11,12)/t8-/m1/s1. The molecule has 0 amide bonds. The molecule has 0 aliphatic rings. The first-order valence-electron chi connectivity index (χ1n) is 4.20. The smallest absolute Gasteiger partial charge is 0.303 e. The van der Waals surface area contributed by atoms with Crippen LogP contribution in [0.4, 0.5) is 0 Å². The molecule has 0 bridgehead atoms. The van der Waals surface area contributed by atoms with Crippen LogP contribution in [0.5, 0.6) is 0 Å². The second kappa shape index (κ2) is 5.75. The minimum absolute atomic E-state index is 0.0903. The van der Waals surface area contributed by atoms with Gasteiger partial charge in [-0.15, -0.1) is 0 Å². The Hall–Kier alpha value is -0.860. The lowest BCUT2D eigenvalue weighted by atomic mass is 9.95. The summed E-state index contributed by atoms with van der Waals surface area (Å²) in [6.45, 7) is 4.16. The first-order valence-corrected chi connectivity index (χ1v) is 4.20. The predicted octanol–water partition coefficient (Wildman–Crippen LogP) is 1.82. The van der Waals surface area contributed by atoms with Crippen LogP contribution in [-0.4, -0.2) is 24.3 Å². The van der Waals surface area contributed by atoms with Gasteiger partial charge < -0.3 is 10.1 Å². The number of carbonyl (C=O) groups is 1. The molecule has 0 rings (SSSR count). The van der Waals surface area contributed by atoms with E-state index in [0.29, 0.717) is 5.92 Å². The predicted molar refractivity (Wildman–Crippen MR) is 49.6 cm³/mol. The van der Waals surface area contributed by atoms with Crippen LogP contribution in [-0.2, 0) is 4.79 Å². The van der Waals surface area contributed by atoms with Gasteiger partial charge in [0.25, 0.3) is 0 Å². The molecule has 0 radical (unpaired) electrons. The Morgan fingerprint density at radius 3 is 2.50 bits per heavy atom. The van der Waals surface area contributed by atoms with Crippen molar-refractivity contribution in [2.45, 2.75) is 26.7 Å². The van der Waals surface area contributed by atoms with Gasteiger partial charge in [-0.1, -0.05) is 13.8 Å². The van der Waals surface area contributed by atoms with Crippen LogP contribution in [0.3, 0.4) is 0 Å². The number of carboxylic acid groups (broad SMARTS) is 1. The summed E-state index contributed by atoms with van der Waals surface area (Å²) in [6, 6.07) is 0. The average molecular weight is 171 g/mol. The van der Waals surface area contributed by atoms with Gasteiger partial charge in [0.05, 0.1) is 6.42 Å². The Labute approximate surface area is 73.5 Å². The highest BCUT2D eigenvalue weighted by atomic mass is 16.4. The molecular weight excluding hydrogens is 154 g/mol. The Morgan fingerprint density at radius 1 is 1.58 bits per heavy atom. The van der Waals surface area contributed by atoms with E-state index < -0.39 is 5.97 Å². The van der Waals surface area contributed by atoms with Gasteiger partial charge in [0, 0.05) is 19.2 Å². The van der Waals surface area contributed by atoms with Crippen LogP contribution in [0.2, 0.25) is 0 Å². The summed E-state index contributed by atoms with van der Waals surface area (Å²) >= 11 is 0. The zero-order valence-electron chi connectivity index (χ0n) is 7.95. The van der Waals surface area contributed by atoms with Crippen LogP contribution in [0.1, 0.15) is 26.7 Å². The fourth-order valence-electron chi connectivity index (χ4n) is 1.24. The summed E-state index contributed by atoms with van der Waals surface area (Å²) in [6.07, 6.45) is 2.81. The summed E-state index contributed by atoms with van der Waals surface area (Å²) in [7, 11) is 1.68. The molecule has 0 aromatic rings. The fraction of sp³-hybridized carbons (Fsp3) is 0.778. The Bertz CT molecular complexity index is 164. The molecule has 0 aromatic carbocycles. The molecule has 70 valence electrons. The number of nitrogens with zero attached hydrogens (tertiary/aromatic N) is 1. The molecule has 0 aliphatic carbocycles. The summed E-state index contributed by atoms with van der Waals surface area (Å²) in [5.41, 5.74) is 0. The number of aliphatic imine (C=N–C) groups is 1. The molecule has 0 fully saturated rings. The molecule has 0 spiro atoms. The lowest BCUT2D eigenvalue weighted by Crippen LogP contribution is -2.11. The van der Waals surface area contributed by atoms with Crippen LogP contribution in [0.25, 0.3) is 0 Å². The van der Waals surface area contributed by atoms with Gasteiger partial charge in [-0.05, 0) is 12.3 Å². The molecule has 1 N–H and O–H groups in total. The molecular formula is C9H17NO2. The Kier molecular flexibility index (Phi) is 5.34. The second-order valence-corrected chi connectivity index (χ2v) is 3.39. The van der Waals surface area contributed by atoms with Crippen molar-refractivity contribution in [2.75, 3.05) is 7.05 Å². The van der Waals surface area contributed by atoms with E-state index in [4.69, 9.17) is 5.11 Å². The molecule has 12 heavy (non-hydrogen) atoms. The fourth-order valence-corrected chi connectivity index (χ4v) is 1.24. The zero-order chi connectivity index (χ0) is 9.56. The quantitative estimate of drug-likeness (QED) is 0.641. The minimum Gasteiger partial charge on any atom is -0.481 e. The second-order valence-electron chi connectivity index (χ2n) is 3.39. The average Bonchev–Trinajstić information content (AvgIpc) is 1.84. The van der Waals surface area contributed by atoms with E-state index in [0.717, 1.165) is 6.42 Å². The maximum absolute atomic E-state index is 10.4. The molecule has 0 saturated carbocycles. The molecule has 0 heterocycles. The van der Waals surface area contributed by atoms with E-state index in [1.165, 1.54) is 0 Å². The van der Waals surface area contributed by atoms with Gasteiger partial charge in [0.2, 0.25) is 0 Å². The first kappa shape index (κ1) is 11.1. The molecule has 0 aliphatic heterocycles. The van der Waals surface area contributed by atoms with Gasteiger partial charge in [-0.3, -0.25) is 4.79 Å². The third-order valence-electron chi connectivity index (χ3n) is 1.57. The molecule has 1 atom stereocenters. The molecule has 0 aromatic heterocycles. The van der Waals surface area contributed by atoms with E-state index in [1.54, 1.807) is 13.3 Å². The van der Waals surface area contributed by atoms with E-state index in [-0.39, 0.29) is 12.3 Å². The van der Waals surface area contributed by atoms with Crippen LogP contribution < -0.4 is 0 Å². The number of carboxylic acids is 1. The molecule has 3 nitrogen and oxygen atoms in total. The van der Waals surface area contributed by atoms with Crippen molar-refractivity contribution in [3.8, 4) is 0 Å². The highest BCUT2D eigenvalue weighted by Crippen LogP contribution is 2.13. The van der Waals surface area contributed by atoms with Crippen LogP contribution >= 0.6 is 0 Å². The van der Waals surface area contributed by atoms with Crippen LogP contribution in [0, 0.1) is 11.8 Å². The first-order chi connectivity index (χ1) is 5.56. The normalized spacial score (nSPS) is 14.0. The topological polar surface area (TPSA) is 49.7 Å². The maximum Gasteiger partial charge on any atom is 0.303 e. The summed E-state index contributed by atoms with van der Waals surface area (Å²) in [5.74, 6) is -0.139. The highest BCUT2D eigenvalue weighted by Gasteiger charge is 2.11. The maximum atomic E-state index is 10.4. The Balaban J connectivity index is 3.95. The zero-order valence-corrected chi connectivity index (χ0v) is 7.95. The van der Waals surface area contributed by atoms with E-state index in [1.807, 2.05) is 0 Å². The molecule has 3 heteroatoms. The summed E-state index contributed by atoms with van der Waals surface area (Å²) in [5, 5.41) is 8.56. The van der Waals surface area contributed by atoms with E-state index in [9.17, 15) is 4.79 Å². The van der Waals surface area contributed by atoms with Gasteiger partial charge in [-0.25, -0.2) is 0 Å². The lowest BCUT2D eigenvalue weighted by molar-refractivity contribution is -0.137. The third-order valence-corrected chi connectivity index (χ3v) is 1.57. The monoisotopic (exact) mass is 171 g/mol. The number of hydrogen-bond acceptors (Lipinski definition) is 2. The number of hydrogen-bond donors (Lipinski definition) is 1. The summed E-state index contributed by atoms with van der Waals surface area (Å²) in [4.78, 5) is 14.3. The Morgan fingerprint density at radius 2 is 2.17 bits per heavy atom. The lowest BCUT2D eigenvalue weighted by Gasteiger charge is -2.11. The van der Waals surface area contributed by atoms with Crippen molar-refractivity contribution in [1.29, 1.82) is 0 Å². The van der Waals surface area contributed by atoms with Crippen LogP contribution in [0.15, 0.2) is 4.99 Å². The van der Waals surface area contributed by atoms with Gasteiger partial charge >= 0.3 is 5.97 Å². The van der Waals surface area contributed by atoms with Crippen molar-refractivity contribution in [3.05, 3.63) is 0 Å². The molecule has 0 unspecified atom stereocenters. The van der Waals surface area contributed by atoms with Crippen molar-refractivity contribution in [2.24, 2.45) is 16.8 Å². The van der Waals surface area contributed by atoms with E-state index in [2.05, 4.69) is 18.8 Å². The number of aliphatic carboxylic acids is 1. The number of rotatable bonds is 5. The third kappa shape index (κ3) is 5.89. The largest absolute Gasteiger partial charge is 0.481 e. The molecule has 0 saturated heterocycles. The van der Waals surface area contributed by atoms with Crippen molar-refractivity contribution in [3.63, 3.8) is 0 Å². The minimum atomic E-state index is -0.749. The summed E-state index contributed by atoms with van der Waals surface area (Å²) < 4.78 is 0. The van der Waals surface area contributed by atoms with Gasteiger partial charge in [0.15, 0.2) is 0 Å². The SMILES string of the molecule is CN=C[C@@H](CC(=O)O)CC(C)C. The van der Waals surface area contributed by atoms with Gasteiger partial charge in [-0.2, -0.15) is 0 Å². The van der Waals surface area contributed by atoms with Crippen molar-refractivity contribution < 1.29 is 9.90 Å². The van der Waals surface area contributed by atoms with Crippen molar-refractivity contribution in [1.82, 2.24) is 0 Å². The van der Waals surface area contributed by atoms with E-state index >= 15 is 0 Å².